The molecule has 11 aromatic heterocycles. The highest BCUT2D eigenvalue weighted by Gasteiger charge is 2.34. The SMILES string of the molecule is CC(C)(C)c1cc2c3cc4c(nc3n3c5c6ccccc6ccc5c(c1)c23)c1cc(C(C)(C)Cc2ccc3c5cc(-c6cc7ccccc7c7c8cccc9c%10nc%11c(cc%10n(c67)c98)c6cccc7c8ccc9ccccc9c8n%11c67)ccc5n(-c5ccccc5)c3c2)cc2c3c5ccccc5cc(N(c5ccccc5)c5ccccc5)c3n4c12. The van der Waals surface area contributed by atoms with Gasteiger partial charge in [0.05, 0.1) is 82.9 Å². The fourth-order valence-corrected chi connectivity index (χ4v) is 22.4. The Bertz CT molecular complexity index is 9360. The molecule has 8 nitrogen and oxygen atoms in total. The lowest BCUT2D eigenvalue weighted by Crippen LogP contribution is -2.20. The van der Waals surface area contributed by atoms with E-state index in [-0.39, 0.29) is 5.41 Å². The molecule has 0 spiro atoms. The third-order valence-corrected chi connectivity index (χ3v) is 27.7. The molecule has 0 atom stereocenters. The van der Waals surface area contributed by atoms with E-state index >= 15 is 0 Å². The van der Waals surface area contributed by atoms with E-state index in [1.807, 2.05) is 0 Å². The third kappa shape index (κ3) is 8.34. The highest BCUT2D eigenvalue weighted by Crippen LogP contribution is 2.54. The van der Waals surface area contributed by atoms with E-state index in [4.69, 9.17) is 9.97 Å². The lowest BCUT2D eigenvalue weighted by molar-refractivity contribution is 0.524. The van der Waals surface area contributed by atoms with Crippen LogP contribution in [0.3, 0.4) is 0 Å². The number of para-hydroxylation sites is 5. The largest absolute Gasteiger partial charge is 0.309 e. The molecule has 0 aliphatic heterocycles. The minimum Gasteiger partial charge on any atom is -0.309 e. The molecule has 0 fully saturated rings. The van der Waals surface area contributed by atoms with Gasteiger partial charge in [0.15, 0.2) is 0 Å². The van der Waals surface area contributed by atoms with Crippen molar-refractivity contribution in [3.8, 4) is 16.8 Å². The second-order valence-corrected chi connectivity index (χ2v) is 35.7. The molecule has 11 heterocycles. The number of anilines is 3. The quantitative estimate of drug-likeness (QED) is 0.152. The summed E-state index contributed by atoms with van der Waals surface area (Å²) >= 11 is 0. The van der Waals surface area contributed by atoms with Gasteiger partial charge >= 0.3 is 0 Å². The number of hydrogen-bond donors (Lipinski definition) is 0. The van der Waals surface area contributed by atoms with E-state index in [0.29, 0.717) is 0 Å². The zero-order chi connectivity index (χ0) is 78.8. The molecule has 0 saturated carbocycles. The van der Waals surface area contributed by atoms with Gasteiger partial charge in [0.25, 0.3) is 0 Å². The number of benzene rings is 17. The molecule has 0 aliphatic rings. The number of fused-ring (bicyclic) bond motifs is 35. The molecule has 0 saturated heterocycles. The molecule has 0 N–H and O–H groups in total. The van der Waals surface area contributed by atoms with Gasteiger partial charge in [-0.05, 0) is 175 Å². The fraction of sp³-hybridized carbons (Fsp3) is 0.0714. The Morgan fingerprint density at radius 2 is 0.742 bits per heavy atom. The normalized spacial score (nSPS) is 13.1. The summed E-state index contributed by atoms with van der Waals surface area (Å²) in [7, 11) is 0. The van der Waals surface area contributed by atoms with Crippen molar-refractivity contribution in [1.29, 1.82) is 0 Å². The Morgan fingerprint density at radius 3 is 1.40 bits per heavy atom. The Hall–Kier alpha value is -15.1. The second-order valence-electron chi connectivity index (χ2n) is 35.7. The summed E-state index contributed by atoms with van der Waals surface area (Å²) in [5.74, 6) is 0. The molecule has 8 heteroatoms. The monoisotopic (exact) mass is 1530 g/mol. The van der Waals surface area contributed by atoms with Gasteiger partial charge in [0.2, 0.25) is 0 Å². The minimum atomic E-state index is -0.406. The molecule has 28 aromatic rings. The summed E-state index contributed by atoms with van der Waals surface area (Å²) in [6.45, 7) is 12.0. The first-order valence-electron chi connectivity index (χ1n) is 42.1. The molecule has 0 unspecified atom stereocenters. The smallest absolute Gasteiger partial charge is 0.146 e. The number of rotatable bonds is 8. The number of aromatic nitrogens is 7. The van der Waals surface area contributed by atoms with E-state index in [0.717, 1.165) is 95.1 Å². The number of nitrogens with zero attached hydrogens (tertiary/aromatic N) is 8. The van der Waals surface area contributed by atoms with Crippen molar-refractivity contribution in [1.82, 2.24) is 32.1 Å². The van der Waals surface area contributed by atoms with Crippen LogP contribution in [0.1, 0.15) is 51.3 Å². The van der Waals surface area contributed by atoms with Crippen LogP contribution in [0.25, 0.3) is 235 Å². The topological polar surface area (TPSA) is 51.6 Å². The van der Waals surface area contributed by atoms with Crippen LogP contribution in [0.4, 0.5) is 17.1 Å². The molecular weight excluding hydrogens is 1460 g/mol. The van der Waals surface area contributed by atoms with Crippen LogP contribution in [0, 0.1) is 0 Å². The summed E-state index contributed by atoms with van der Waals surface area (Å²) in [5, 5.41) is 29.3. The van der Waals surface area contributed by atoms with Crippen molar-refractivity contribution in [3.63, 3.8) is 0 Å². The molecule has 560 valence electrons. The lowest BCUT2D eigenvalue weighted by Gasteiger charge is -2.27. The number of hydrogen-bond acceptors (Lipinski definition) is 3. The van der Waals surface area contributed by atoms with Gasteiger partial charge in [0.1, 0.15) is 11.3 Å². The summed E-state index contributed by atoms with van der Waals surface area (Å²) in [6, 6.07) is 126. The first kappa shape index (κ1) is 65.1. The van der Waals surface area contributed by atoms with Crippen molar-refractivity contribution in [2.45, 2.75) is 51.9 Å². The average Bonchev–Trinajstić information content (AvgIpc) is 1.51. The van der Waals surface area contributed by atoms with Gasteiger partial charge in [-0.1, -0.05) is 265 Å². The first-order chi connectivity index (χ1) is 58.9. The Morgan fingerprint density at radius 1 is 0.275 bits per heavy atom. The Labute approximate surface area is 686 Å². The van der Waals surface area contributed by atoms with E-state index in [9.17, 15) is 0 Å². The number of pyridine rings is 2. The first-order valence-corrected chi connectivity index (χ1v) is 42.1. The predicted molar refractivity (Wildman–Crippen MR) is 507 cm³/mol. The zero-order valence-electron chi connectivity index (χ0n) is 66.5. The van der Waals surface area contributed by atoms with Crippen LogP contribution in [0.15, 0.2) is 334 Å². The van der Waals surface area contributed by atoms with Crippen LogP contribution in [0.2, 0.25) is 0 Å². The maximum Gasteiger partial charge on any atom is 0.146 e. The van der Waals surface area contributed by atoms with Crippen LogP contribution in [-0.2, 0) is 17.3 Å². The molecule has 17 aromatic carbocycles. The van der Waals surface area contributed by atoms with Crippen LogP contribution in [-0.4, -0.2) is 32.1 Å². The highest BCUT2D eigenvalue weighted by atomic mass is 15.2. The molecule has 0 aliphatic carbocycles. The molecule has 120 heavy (non-hydrogen) atoms. The molecule has 0 radical (unpaired) electrons. The van der Waals surface area contributed by atoms with Crippen LogP contribution >= 0.6 is 0 Å². The Balaban J connectivity index is 0.663. The molecule has 0 bridgehead atoms. The molecular formula is C112H72N8. The Kier molecular flexibility index (Phi) is 12.3. The van der Waals surface area contributed by atoms with Gasteiger partial charge in [-0.25, -0.2) is 9.97 Å². The van der Waals surface area contributed by atoms with Crippen LogP contribution < -0.4 is 4.90 Å². The summed E-state index contributed by atoms with van der Waals surface area (Å²) in [4.78, 5) is 14.6. The highest BCUT2D eigenvalue weighted by molar-refractivity contribution is 6.36. The molecule has 0 amide bonds. The van der Waals surface area contributed by atoms with Crippen molar-refractivity contribution in [3.05, 3.63) is 350 Å². The minimum absolute atomic E-state index is 0.112. The van der Waals surface area contributed by atoms with Crippen LogP contribution in [0.5, 0.6) is 0 Å². The third-order valence-electron chi connectivity index (χ3n) is 27.7. The van der Waals surface area contributed by atoms with E-state index < -0.39 is 5.41 Å². The van der Waals surface area contributed by atoms with Gasteiger partial charge in [-0.15, -0.1) is 0 Å². The van der Waals surface area contributed by atoms with Gasteiger partial charge in [-0.3, -0.25) is 8.80 Å². The maximum absolute atomic E-state index is 6.21. The lowest BCUT2D eigenvalue weighted by atomic mass is 9.78. The molecule has 28 rings (SSSR count). The van der Waals surface area contributed by atoms with Crippen molar-refractivity contribution in [2.24, 2.45) is 0 Å². The maximum atomic E-state index is 6.21. The zero-order valence-corrected chi connectivity index (χ0v) is 66.5. The van der Waals surface area contributed by atoms with Crippen molar-refractivity contribution >= 4 is 235 Å². The predicted octanol–water partition coefficient (Wildman–Crippen LogP) is 29.7. The second kappa shape index (κ2) is 22.7. The standard InChI is InChI=1S/C112H72N8/c1-111(2,3)68-55-86-81-49-45-64-26-16-22-38-76(64)102(81)120-105(86)87(56-68)89-60-95-100(114-110(89)120)91-58-69(57-90-98-74-36-20-18-28-66(74)54-96(108(98)118(95)106(90)91)115(70-29-9-6-10-30-70)71-31-11-7-12-32-71)112(4,5)61-62-43-47-77-85-53-67(46-50-92(85)116(93(77)51-62)72-33-13-8-14-34-72)84-52-65-27-17-19-35-73(65)97-82-41-24-42-83-99-94(117(104(82)83)107(84)97)59-88-79-40-23-39-78-80-48-44-63-25-15-21-37-75(63)101(80)119(103(78)79)109(88)113-99/h6-60H,61H2,1-5H3. The van der Waals surface area contributed by atoms with E-state index in [1.165, 1.54) is 180 Å². The summed E-state index contributed by atoms with van der Waals surface area (Å²) < 4.78 is 12.7. The van der Waals surface area contributed by atoms with Crippen molar-refractivity contribution in [2.75, 3.05) is 4.90 Å². The van der Waals surface area contributed by atoms with Crippen molar-refractivity contribution < 1.29 is 0 Å². The summed E-state index contributed by atoms with van der Waals surface area (Å²) in [5.41, 5.74) is 28.2. The summed E-state index contributed by atoms with van der Waals surface area (Å²) in [6.07, 6.45) is 0.766. The average molecular weight is 1530 g/mol. The fourth-order valence-electron chi connectivity index (χ4n) is 22.4. The van der Waals surface area contributed by atoms with Gasteiger partial charge in [-0.2, -0.15) is 0 Å². The van der Waals surface area contributed by atoms with E-state index in [1.54, 1.807) is 0 Å². The van der Waals surface area contributed by atoms with Gasteiger partial charge < -0.3 is 18.3 Å². The van der Waals surface area contributed by atoms with Gasteiger partial charge in [0, 0.05) is 120 Å². The van der Waals surface area contributed by atoms with E-state index in [2.05, 4.69) is 395 Å².